The molecule has 2 heterocycles. The summed E-state index contributed by atoms with van der Waals surface area (Å²) >= 11 is 0. The maximum atomic E-state index is 12.8. The third-order valence-corrected chi connectivity index (χ3v) is 4.88. The van der Waals surface area contributed by atoms with Crippen molar-refractivity contribution >= 4 is 17.0 Å². The molecule has 0 bridgehead atoms. The Balaban J connectivity index is 1.50. The van der Waals surface area contributed by atoms with Gasteiger partial charge in [-0.05, 0) is 30.5 Å². The molecule has 0 spiro atoms. The first-order chi connectivity index (χ1) is 12.2. The summed E-state index contributed by atoms with van der Waals surface area (Å²) in [6, 6.07) is 17.6. The van der Waals surface area contributed by atoms with Crippen LogP contribution in [0.15, 0.2) is 63.8 Å². The van der Waals surface area contributed by atoms with Gasteiger partial charge in [0.25, 0.3) is 0 Å². The zero-order valence-electron chi connectivity index (χ0n) is 13.9. The van der Waals surface area contributed by atoms with Crippen molar-refractivity contribution in [3.05, 3.63) is 70.7 Å². The number of rotatable bonds is 4. The first kappa shape index (κ1) is 15.7. The highest BCUT2D eigenvalue weighted by Gasteiger charge is 2.29. The van der Waals surface area contributed by atoms with Crippen molar-refractivity contribution < 1.29 is 9.21 Å². The summed E-state index contributed by atoms with van der Waals surface area (Å²) in [5.74, 6) is -0.321. The Morgan fingerprint density at radius 3 is 2.68 bits per heavy atom. The van der Waals surface area contributed by atoms with Crippen LogP contribution in [0.3, 0.4) is 0 Å². The predicted molar refractivity (Wildman–Crippen MR) is 95.2 cm³/mol. The van der Waals surface area contributed by atoms with E-state index < -0.39 is 5.76 Å². The molecule has 1 amide bonds. The Bertz CT molecular complexity index is 942. The summed E-state index contributed by atoms with van der Waals surface area (Å²) in [4.78, 5) is 26.7. The van der Waals surface area contributed by atoms with Gasteiger partial charge >= 0.3 is 5.76 Å². The van der Waals surface area contributed by atoms with E-state index in [9.17, 15) is 9.59 Å². The topological polar surface area (TPSA) is 55.5 Å². The van der Waals surface area contributed by atoms with Gasteiger partial charge in [-0.25, -0.2) is 4.79 Å². The molecular formula is C20H20N2O3. The van der Waals surface area contributed by atoms with Gasteiger partial charge in [-0.15, -0.1) is 0 Å². The minimum absolute atomic E-state index is 0.0866. The number of aromatic nitrogens is 1. The Morgan fingerprint density at radius 2 is 1.84 bits per heavy atom. The summed E-state index contributed by atoms with van der Waals surface area (Å²) < 4.78 is 6.77. The minimum Gasteiger partial charge on any atom is -0.408 e. The van der Waals surface area contributed by atoms with Gasteiger partial charge in [0, 0.05) is 19.5 Å². The van der Waals surface area contributed by atoms with Gasteiger partial charge in [0.1, 0.15) is 0 Å². The number of hydrogen-bond acceptors (Lipinski definition) is 3. The van der Waals surface area contributed by atoms with E-state index in [1.54, 1.807) is 10.6 Å². The lowest BCUT2D eigenvalue weighted by Gasteiger charge is -2.25. The van der Waals surface area contributed by atoms with Crippen LogP contribution >= 0.6 is 0 Å². The molecule has 4 rings (SSSR count). The average Bonchev–Trinajstić information content (AvgIpc) is 3.25. The van der Waals surface area contributed by atoms with Crippen LogP contribution in [-0.4, -0.2) is 21.9 Å². The lowest BCUT2D eigenvalue weighted by molar-refractivity contribution is -0.132. The molecule has 0 radical (unpaired) electrons. The Labute approximate surface area is 145 Å². The number of benzene rings is 2. The lowest BCUT2D eigenvalue weighted by atomic mass is 10.0. The van der Waals surface area contributed by atoms with Gasteiger partial charge in [0.05, 0.1) is 11.6 Å². The van der Waals surface area contributed by atoms with Gasteiger partial charge in [0.15, 0.2) is 5.58 Å². The summed E-state index contributed by atoms with van der Waals surface area (Å²) in [5, 5.41) is 0. The maximum Gasteiger partial charge on any atom is 0.419 e. The SMILES string of the molecule is O=C(CCn1c(=O)oc2ccccc21)N1CCCC1c1ccccc1. The lowest BCUT2D eigenvalue weighted by Crippen LogP contribution is -2.31. The fourth-order valence-corrected chi connectivity index (χ4v) is 3.66. The van der Waals surface area contributed by atoms with Gasteiger partial charge in [0.2, 0.25) is 5.91 Å². The highest BCUT2D eigenvalue weighted by molar-refractivity contribution is 5.77. The molecule has 0 aliphatic carbocycles. The third kappa shape index (κ3) is 2.97. The van der Waals surface area contributed by atoms with E-state index >= 15 is 0 Å². The molecule has 128 valence electrons. The van der Waals surface area contributed by atoms with Gasteiger partial charge in [-0.3, -0.25) is 9.36 Å². The van der Waals surface area contributed by atoms with Crippen molar-refractivity contribution in [1.82, 2.24) is 9.47 Å². The van der Waals surface area contributed by atoms with Crippen LogP contribution in [0.5, 0.6) is 0 Å². The van der Waals surface area contributed by atoms with Crippen molar-refractivity contribution in [2.45, 2.75) is 31.8 Å². The molecule has 1 saturated heterocycles. The van der Waals surface area contributed by atoms with Crippen LogP contribution in [0.1, 0.15) is 30.9 Å². The van der Waals surface area contributed by atoms with E-state index in [0.717, 1.165) is 24.9 Å². The molecule has 1 fully saturated rings. The van der Waals surface area contributed by atoms with E-state index in [1.165, 1.54) is 5.56 Å². The van der Waals surface area contributed by atoms with E-state index in [4.69, 9.17) is 4.42 Å². The van der Waals surface area contributed by atoms with Gasteiger partial charge < -0.3 is 9.32 Å². The van der Waals surface area contributed by atoms with E-state index in [1.807, 2.05) is 41.3 Å². The fraction of sp³-hybridized carbons (Fsp3) is 0.300. The van der Waals surface area contributed by atoms with Crippen molar-refractivity contribution in [1.29, 1.82) is 0 Å². The second-order valence-electron chi connectivity index (χ2n) is 6.39. The van der Waals surface area contributed by atoms with Gasteiger partial charge in [-0.2, -0.15) is 0 Å². The highest BCUT2D eigenvalue weighted by atomic mass is 16.4. The molecule has 25 heavy (non-hydrogen) atoms. The van der Waals surface area contributed by atoms with Crippen LogP contribution in [-0.2, 0) is 11.3 Å². The normalized spacial score (nSPS) is 17.3. The molecule has 2 aromatic carbocycles. The predicted octanol–water partition coefficient (Wildman–Crippen LogP) is 3.35. The molecule has 1 aliphatic rings. The summed E-state index contributed by atoms with van der Waals surface area (Å²) in [7, 11) is 0. The van der Waals surface area contributed by atoms with Crippen molar-refractivity contribution in [3.63, 3.8) is 0 Å². The number of fused-ring (bicyclic) bond motifs is 1. The third-order valence-electron chi connectivity index (χ3n) is 4.88. The minimum atomic E-state index is -0.407. The average molecular weight is 336 g/mol. The number of carbonyl (C=O) groups is 1. The second kappa shape index (κ2) is 6.59. The molecule has 5 nitrogen and oxygen atoms in total. The molecular weight excluding hydrogens is 316 g/mol. The van der Waals surface area contributed by atoms with Crippen LogP contribution in [0.25, 0.3) is 11.1 Å². The number of aryl methyl sites for hydroxylation is 1. The summed E-state index contributed by atoms with van der Waals surface area (Å²) in [6.45, 7) is 1.12. The summed E-state index contributed by atoms with van der Waals surface area (Å²) in [6.07, 6.45) is 2.30. The highest BCUT2D eigenvalue weighted by Crippen LogP contribution is 2.32. The van der Waals surface area contributed by atoms with Crippen molar-refractivity contribution in [2.75, 3.05) is 6.54 Å². The van der Waals surface area contributed by atoms with Crippen LogP contribution in [0, 0.1) is 0 Å². The number of para-hydroxylation sites is 2. The Morgan fingerprint density at radius 1 is 1.08 bits per heavy atom. The molecule has 0 saturated carbocycles. The quantitative estimate of drug-likeness (QED) is 0.734. The zero-order valence-corrected chi connectivity index (χ0v) is 13.9. The standard InChI is InChI=1S/C20H20N2O3/c23-19(21-13-6-10-16(21)15-7-2-1-3-8-15)12-14-22-17-9-4-5-11-18(17)25-20(22)24/h1-5,7-9,11,16H,6,10,12-14H2. The van der Waals surface area contributed by atoms with Gasteiger partial charge in [-0.1, -0.05) is 42.5 Å². The molecule has 1 aromatic heterocycles. The molecule has 0 N–H and O–H groups in total. The molecule has 1 atom stereocenters. The van der Waals surface area contributed by atoms with Crippen molar-refractivity contribution in [3.8, 4) is 0 Å². The maximum absolute atomic E-state index is 12.8. The molecule has 1 unspecified atom stereocenters. The first-order valence-electron chi connectivity index (χ1n) is 8.67. The Hall–Kier alpha value is -2.82. The Kier molecular flexibility index (Phi) is 4.14. The molecule has 3 aromatic rings. The van der Waals surface area contributed by atoms with Crippen LogP contribution in [0.2, 0.25) is 0 Å². The number of amides is 1. The van der Waals surface area contributed by atoms with Crippen LogP contribution < -0.4 is 5.76 Å². The van der Waals surface area contributed by atoms with E-state index in [-0.39, 0.29) is 11.9 Å². The molecule has 1 aliphatic heterocycles. The largest absolute Gasteiger partial charge is 0.419 e. The number of nitrogens with zero attached hydrogens (tertiary/aromatic N) is 2. The second-order valence-corrected chi connectivity index (χ2v) is 6.39. The monoisotopic (exact) mass is 336 g/mol. The fourth-order valence-electron chi connectivity index (χ4n) is 3.66. The number of oxazole rings is 1. The number of likely N-dealkylation sites (tertiary alicyclic amines) is 1. The van der Waals surface area contributed by atoms with Crippen LogP contribution in [0.4, 0.5) is 0 Å². The molecule has 5 heteroatoms. The van der Waals surface area contributed by atoms with Crippen molar-refractivity contribution in [2.24, 2.45) is 0 Å². The number of hydrogen-bond donors (Lipinski definition) is 0. The van der Waals surface area contributed by atoms with E-state index in [2.05, 4.69) is 12.1 Å². The first-order valence-corrected chi connectivity index (χ1v) is 8.67. The zero-order chi connectivity index (χ0) is 17.2. The summed E-state index contributed by atoms with van der Waals surface area (Å²) in [5.41, 5.74) is 2.48. The van der Waals surface area contributed by atoms with E-state index in [0.29, 0.717) is 18.5 Å². The number of carbonyl (C=O) groups excluding carboxylic acids is 1. The smallest absolute Gasteiger partial charge is 0.408 e.